The highest BCUT2D eigenvalue weighted by molar-refractivity contribution is 9.10. The summed E-state index contributed by atoms with van der Waals surface area (Å²) in [6.45, 7) is 1.95. The number of rotatable bonds is 2. The molecule has 2 aromatic carbocycles. The Hall–Kier alpha value is -1.03. The first-order chi connectivity index (χ1) is 8.99. The van der Waals surface area contributed by atoms with Crippen LogP contribution in [0.5, 0.6) is 0 Å². The van der Waals surface area contributed by atoms with Crippen LogP contribution in [0.4, 0.5) is 5.69 Å². The SMILES string of the molecule is Cc1ccc(Br)c(NC(=O)c2cccc(Cl)c2Cl)c1. The highest BCUT2D eigenvalue weighted by atomic mass is 79.9. The van der Waals surface area contributed by atoms with Crippen molar-refractivity contribution in [3.63, 3.8) is 0 Å². The van der Waals surface area contributed by atoms with Crippen LogP contribution in [0.25, 0.3) is 0 Å². The molecule has 0 radical (unpaired) electrons. The Morgan fingerprint density at radius 1 is 1.21 bits per heavy atom. The lowest BCUT2D eigenvalue weighted by atomic mass is 10.2. The molecule has 0 fully saturated rings. The summed E-state index contributed by atoms with van der Waals surface area (Å²) in [6, 6.07) is 10.7. The quantitative estimate of drug-likeness (QED) is 0.773. The number of halogens is 3. The van der Waals surface area contributed by atoms with Gasteiger partial charge in [-0.25, -0.2) is 0 Å². The van der Waals surface area contributed by atoms with Gasteiger partial charge in [-0.05, 0) is 52.7 Å². The summed E-state index contributed by atoms with van der Waals surface area (Å²) in [5, 5.41) is 3.42. The van der Waals surface area contributed by atoms with Gasteiger partial charge in [0.05, 0.1) is 21.3 Å². The second-order valence-electron chi connectivity index (χ2n) is 4.04. The molecule has 2 rings (SSSR count). The fraction of sp³-hybridized carbons (Fsp3) is 0.0714. The molecule has 0 unspecified atom stereocenters. The van der Waals surface area contributed by atoms with E-state index in [0.29, 0.717) is 16.3 Å². The van der Waals surface area contributed by atoms with Crippen LogP contribution in [0.2, 0.25) is 10.0 Å². The van der Waals surface area contributed by atoms with Crippen molar-refractivity contribution in [3.05, 3.63) is 62.0 Å². The molecule has 0 atom stereocenters. The largest absolute Gasteiger partial charge is 0.321 e. The fourth-order valence-corrected chi connectivity index (χ4v) is 2.34. The van der Waals surface area contributed by atoms with Gasteiger partial charge < -0.3 is 5.32 Å². The summed E-state index contributed by atoms with van der Waals surface area (Å²) < 4.78 is 0.810. The number of carbonyl (C=O) groups excluding carboxylic acids is 1. The standard InChI is InChI=1S/C14H10BrCl2NO/c1-8-5-6-10(15)12(7-8)18-14(19)9-3-2-4-11(16)13(9)17/h2-7H,1H3,(H,18,19). The fourth-order valence-electron chi connectivity index (χ4n) is 1.60. The number of hydrogen-bond acceptors (Lipinski definition) is 1. The molecule has 0 aromatic heterocycles. The van der Waals surface area contributed by atoms with E-state index in [2.05, 4.69) is 21.2 Å². The summed E-state index contributed by atoms with van der Waals surface area (Å²) >= 11 is 15.3. The highest BCUT2D eigenvalue weighted by Crippen LogP contribution is 2.28. The Morgan fingerprint density at radius 2 is 1.95 bits per heavy atom. The number of nitrogens with one attached hydrogen (secondary N) is 1. The van der Waals surface area contributed by atoms with E-state index in [0.717, 1.165) is 10.0 Å². The number of anilines is 1. The average Bonchev–Trinajstić information content (AvgIpc) is 2.37. The van der Waals surface area contributed by atoms with Gasteiger partial charge in [-0.15, -0.1) is 0 Å². The summed E-state index contributed by atoms with van der Waals surface area (Å²) in [6.07, 6.45) is 0. The molecule has 0 saturated carbocycles. The molecule has 5 heteroatoms. The van der Waals surface area contributed by atoms with Crippen LogP contribution < -0.4 is 5.32 Å². The van der Waals surface area contributed by atoms with E-state index < -0.39 is 0 Å². The van der Waals surface area contributed by atoms with Crippen molar-refractivity contribution in [1.29, 1.82) is 0 Å². The molecule has 0 aliphatic rings. The minimum Gasteiger partial charge on any atom is -0.321 e. The number of aryl methyl sites for hydroxylation is 1. The number of benzene rings is 2. The predicted octanol–water partition coefficient (Wildman–Crippen LogP) is 5.32. The van der Waals surface area contributed by atoms with Crippen molar-refractivity contribution in [2.24, 2.45) is 0 Å². The molecular formula is C14H10BrCl2NO. The van der Waals surface area contributed by atoms with Gasteiger partial charge in [0, 0.05) is 4.47 Å². The van der Waals surface area contributed by atoms with E-state index in [9.17, 15) is 4.79 Å². The van der Waals surface area contributed by atoms with Crippen molar-refractivity contribution in [1.82, 2.24) is 0 Å². The van der Waals surface area contributed by atoms with E-state index in [1.54, 1.807) is 18.2 Å². The zero-order chi connectivity index (χ0) is 14.0. The molecule has 2 aromatic rings. The number of hydrogen-bond donors (Lipinski definition) is 1. The lowest BCUT2D eigenvalue weighted by Gasteiger charge is -2.10. The van der Waals surface area contributed by atoms with E-state index in [1.165, 1.54) is 0 Å². The molecule has 0 saturated heterocycles. The molecular weight excluding hydrogens is 349 g/mol. The molecule has 19 heavy (non-hydrogen) atoms. The maximum atomic E-state index is 12.2. The average molecular weight is 359 g/mol. The molecule has 0 aliphatic carbocycles. The Kier molecular flexibility index (Phi) is 4.50. The van der Waals surface area contributed by atoms with Gasteiger partial charge in [0.15, 0.2) is 0 Å². The van der Waals surface area contributed by atoms with Crippen molar-refractivity contribution in [2.45, 2.75) is 6.92 Å². The maximum Gasteiger partial charge on any atom is 0.257 e. The Bertz CT molecular complexity index is 643. The lowest BCUT2D eigenvalue weighted by Crippen LogP contribution is -2.13. The van der Waals surface area contributed by atoms with Gasteiger partial charge in [-0.3, -0.25) is 4.79 Å². The van der Waals surface area contributed by atoms with Gasteiger partial charge in [0.2, 0.25) is 0 Å². The van der Waals surface area contributed by atoms with E-state index >= 15 is 0 Å². The van der Waals surface area contributed by atoms with Crippen LogP contribution in [0.3, 0.4) is 0 Å². The van der Waals surface area contributed by atoms with E-state index in [-0.39, 0.29) is 10.9 Å². The number of carbonyl (C=O) groups is 1. The maximum absolute atomic E-state index is 12.2. The zero-order valence-corrected chi connectivity index (χ0v) is 13.1. The predicted molar refractivity (Wildman–Crippen MR) is 83.3 cm³/mol. The molecule has 1 N–H and O–H groups in total. The van der Waals surface area contributed by atoms with Crippen LogP contribution in [-0.2, 0) is 0 Å². The lowest BCUT2D eigenvalue weighted by molar-refractivity contribution is 0.102. The second kappa shape index (κ2) is 5.95. The molecule has 2 nitrogen and oxygen atoms in total. The summed E-state index contributed by atoms with van der Waals surface area (Å²) in [5.41, 5.74) is 2.10. The summed E-state index contributed by atoms with van der Waals surface area (Å²) in [4.78, 5) is 12.2. The molecule has 0 aliphatic heterocycles. The third kappa shape index (κ3) is 3.30. The van der Waals surface area contributed by atoms with Crippen LogP contribution in [0.1, 0.15) is 15.9 Å². The van der Waals surface area contributed by atoms with Crippen LogP contribution >= 0.6 is 39.1 Å². The minimum absolute atomic E-state index is 0.255. The molecule has 0 heterocycles. The third-order valence-corrected chi connectivity index (χ3v) is 4.08. The number of amides is 1. The summed E-state index contributed by atoms with van der Waals surface area (Å²) in [5.74, 6) is -0.293. The third-order valence-electron chi connectivity index (χ3n) is 2.57. The molecule has 0 spiro atoms. The van der Waals surface area contributed by atoms with Gasteiger partial charge in [0.25, 0.3) is 5.91 Å². The van der Waals surface area contributed by atoms with Gasteiger partial charge in [-0.2, -0.15) is 0 Å². The first kappa shape index (κ1) is 14.4. The monoisotopic (exact) mass is 357 g/mol. The molecule has 0 bridgehead atoms. The Balaban J connectivity index is 2.31. The normalized spacial score (nSPS) is 10.3. The van der Waals surface area contributed by atoms with Crippen molar-refractivity contribution < 1.29 is 4.79 Å². The van der Waals surface area contributed by atoms with Crippen LogP contribution in [0.15, 0.2) is 40.9 Å². The Labute approximate surface area is 129 Å². The van der Waals surface area contributed by atoms with Crippen molar-refractivity contribution in [3.8, 4) is 0 Å². The summed E-state index contributed by atoms with van der Waals surface area (Å²) in [7, 11) is 0. The first-order valence-corrected chi connectivity index (χ1v) is 7.05. The molecule has 98 valence electrons. The van der Waals surface area contributed by atoms with Gasteiger partial charge in [-0.1, -0.05) is 35.3 Å². The van der Waals surface area contributed by atoms with E-state index in [1.807, 2.05) is 25.1 Å². The highest BCUT2D eigenvalue weighted by Gasteiger charge is 2.13. The van der Waals surface area contributed by atoms with E-state index in [4.69, 9.17) is 23.2 Å². The van der Waals surface area contributed by atoms with Crippen LogP contribution in [0, 0.1) is 6.92 Å². The Morgan fingerprint density at radius 3 is 2.68 bits per heavy atom. The smallest absolute Gasteiger partial charge is 0.257 e. The topological polar surface area (TPSA) is 29.1 Å². The minimum atomic E-state index is -0.293. The van der Waals surface area contributed by atoms with Crippen molar-refractivity contribution in [2.75, 3.05) is 5.32 Å². The zero-order valence-electron chi connectivity index (χ0n) is 10.0. The second-order valence-corrected chi connectivity index (χ2v) is 5.68. The van der Waals surface area contributed by atoms with Gasteiger partial charge in [0.1, 0.15) is 0 Å². The van der Waals surface area contributed by atoms with Gasteiger partial charge >= 0.3 is 0 Å². The first-order valence-electron chi connectivity index (χ1n) is 5.50. The molecule has 1 amide bonds. The van der Waals surface area contributed by atoms with Crippen molar-refractivity contribution >= 4 is 50.7 Å². The van der Waals surface area contributed by atoms with Crippen LogP contribution in [-0.4, -0.2) is 5.91 Å².